The summed E-state index contributed by atoms with van der Waals surface area (Å²) in [6.07, 6.45) is 6.81. The second-order valence-electron chi connectivity index (χ2n) is 7.01. The molecule has 1 saturated heterocycles. The van der Waals surface area contributed by atoms with Gasteiger partial charge in [-0.05, 0) is 36.0 Å². The summed E-state index contributed by atoms with van der Waals surface area (Å²) >= 11 is 0. The van der Waals surface area contributed by atoms with Crippen LogP contribution in [-0.4, -0.2) is 21.6 Å². The van der Waals surface area contributed by atoms with E-state index in [1.54, 1.807) is 29.1 Å². The summed E-state index contributed by atoms with van der Waals surface area (Å²) in [7, 11) is 0. The molecule has 2 aliphatic carbocycles. The highest BCUT2D eigenvalue weighted by atomic mass is 19.1. The number of imide groups is 1. The molecule has 1 saturated carbocycles. The molecule has 2 heterocycles. The highest BCUT2D eigenvalue weighted by Gasteiger charge is 2.59. The topological polar surface area (TPSA) is 55.2 Å². The SMILES string of the molecule is O=C1[C@@H]2[C@@H](C(=O)N1c1ccn(Cc3ccc(F)cc3)n1)[C@H]1C=C[C@H]2C1. The first kappa shape index (κ1) is 14.6. The number of halogens is 1. The molecule has 0 spiro atoms. The summed E-state index contributed by atoms with van der Waals surface area (Å²) in [6, 6.07) is 7.87. The first-order valence-corrected chi connectivity index (χ1v) is 8.46. The Morgan fingerprint density at radius 2 is 1.64 bits per heavy atom. The van der Waals surface area contributed by atoms with E-state index in [2.05, 4.69) is 17.3 Å². The number of amides is 2. The van der Waals surface area contributed by atoms with E-state index in [9.17, 15) is 14.0 Å². The normalized spacial score (nSPS) is 29.7. The van der Waals surface area contributed by atoms with Gasteiger partial charge in [0.25, 0.3) is 0 Å². The van der Waals surface area contributed by atoms with E-state index >= 15 is 0 Å². The Morgan fingerprint density at radius 3 is 2.28 bits per heavy atom. The van der Waals surface area contributed by atoms with E-state index in [-0.39, 0.29) is 41.3 Å². The third-order valence-corrected chi connectivity index (χ3v) is 5.58. The molecular formula is C19H16FN3O2. The Hall–Kier alpha value is -2.76. The highest BCUT2D eigenvalue weighted by Crippen LogP contribution is 2.52. The number of carbonyl (C=O) groups is 2. The van der Waals surface area contributed by atoms with Gasteiger partial charge < -0.3 is 0 Å². The van der Waals surface area contributed by atoms with Crippen LogP contribution in [0.15, 0.2) is 48.7 Å². The van der Waals surface area contributed by atoms with Gasteiger partial charge in [0.1, 0.15) is 5.82 Å². The molecule has 4 atom stereocenters. The second-order valence-corrected chi connectivity index (χ2v) is 7.01. The molecule has 2 bridgehead atoms. The van der Waals surface area contributed by atoms with Crippen LogP contribution in [0.4, 0.5) is 10.2 Å². The van der Waals surface area contributed by atoms with Gasteiger partial charge in [0.2, 0.25) is 11.8 Å². The smallest absolute Gasteiger partial charge is 0.239 e. The van der Waals surface area contributed by atoms with Gasteiger partial charge in [-0.2, -0.15) is 5.10 Å². The number of rotatable bonds is 3. The van der Waals surface area contributed by atoms with Gasteiger partial charge in [-0.25, -0.2) is 9.29 Å². The van der Waals surface area contributed by atoms with Gasteiger partial charge in [0.05, 0.1) is 18.4 Å². The Morgan fingerprint density at radius 1 is 1.00 bits per heavy atom. The number of nitrogens with zero attached hydrogens (tertiary/aromatic N) is 3. The molecular weight excluding hydrogens is 321 g/mol. The second kappa shape index (κ2) is 5.12. The van der Waals surface area contributed by atoms with E-state index in [0.717, 1.165) is 12.0 Å². The average molecular weight is 337 g/mol. The molecule has 0 N–H and O–H groups in total. The summed E-state index contributed by atoms with van der Waals surface area (Å²) in [6.45, 7) is 0.455. The van der Waals surface area contributed by atoms with Crippen LogP contribution >= 0.6 is 0 Å². The zero-order chi connectivity index (χ0) is 17.1. The first-order chi connectivity index (χ1) is 12.1. The predicted molar refractivity (Wildman–Crippen MR) is 87.9 cm³/mol. The lowest BCUT2D eigenvalue weighted by Gasteiger charge is -2.14. The number of anilines is 1. The third kappa shape index (κ3) is 2.10. The lowest BCUT2D eigenvalue weighted by molar-refractivity contribution is -0.123. The average Bonchev–Trinajstić information content (AvgIpc) is 3.35. The van der Waals surface area contributed by atoms with Crippen molar-refractivity contribution in [3.8, 4) is 0 Å². The van der Waals surface area contributed by atoms with Crippen LogP contribution < -0.4 is 4.90 Å². The molecule has 1 aliphatic heterocycles. The predicted octanol–water partition coefficient (Wildman–Crippen LogP) is 2.38. The van der Waals surface area contributed by atoms with Crippen LogP contribution in [0.5, 0.6) is 0 Å². The minimum atomic E-state index is -0.284. The third-order valence-electron chi connectivity index (χ3n) is 5.58. The first-order valence-electron chi connectivity index (χ1n) is 8.46. The molecule has 5 nitrogen and oxygen atoms in total. The monoisotopic (exact) mass is 337 g/mol. The fourth-order valence-electron chi connectivity index (χ4n) is 4.46. The summed E-state index contributed by atoms with van der Waals surface area (Å²) in [5.41, 5.74) is 0.897. The van der Waals surface area contributed by atoms with Crippen molar-refractivity contribution in [2.24, 2.45) is 23.7 Å². The summed E-state index contributed by atoms with van der Waals surface area (Å²) in [5, 5.41) is 4.40. The van der Waals surface area contributed by atoms with Crippen LogP contribution in [0.3, 0.4) is 0 Å². The lowest BCUT2D eigenvalue weighted by atomic mass is 9.85. The fraction of sp³-hybridized carbons (Fsp3) is 0.316. The van der Waals surface area contributed by atoms with Crippen molar-refractivity contribution in [2.45, 2.75) is 13.0 Å². The zero-order valence-electron chi connectivity index (χ0n) is 13.4. The van der Waals surface area contributed by atoms with Crippen LogP contribution in [0, 0.1) is 29.5 Å². The van der Waals surface area contributed by atoms with Gasteiger partial charge >= 0.3 is 0 Å². The molecule has 2 fully saturated rings. The number of aromatic nitrogens is 2. The van der Waals surface area contributed by atoms with Crippen LogP contribution in [0.25, 0.3) is 0 Å². The Kier molecular flexibility index (Phi) is 2.98. The molecule has 1 aromatic carbocycles. The Balaban J connectivity index is 1.40. The van der Waals surface area contributed by atoms with Gasteiger partial charge in [-0.1, -0.05) is 24.3 Å². The van der Waals surface area contributed by atoms with Crippen molar-refractivity contribution >= 4 is 17.6 Å². The van der Waals surface area contributed by atoms with E-state index in [1.807, 2.05) is 0 Å². The quantitative estimate of drug-likeness (QED) is 0.638. The molecule has 1 aromatic heterocycles. The molecule has 2 aromatic rings. The van der Waals surface area contributed by atoms with Crippen molar-refractivity contribution in [3.63, 3.8) is 0 Å². The molecule has 6 heteroatoms. The summed E-state index contributed by atoms with van der Waals surface area (Å²) in [4.78, 5) is 26.8. The van der Waals surface area contributed by atoms with Crippen LogP contribution in [0.2, 0.25) is 0 Å². The molecule has 5 rings (SSSR count). The van der Waals surface area contributed by atoms with Crippen molar-refractivity contribution < 1.29 is 14.0 Å². The molecule has 2 amide bonds. The van der Waals surface area contributed by atoms with E-state index in [4.69, 9.17) is 0 Å². The van der Waals surface area contributed by atoms with Gasteiger partial charge in [-0.3, -0.25) is 14.3 Å². The maximum atomic E-state index is 13.0. The van der Waals surface area contributed by atoms with Gasteiger partial charge in [0.15, 0.2) is 5.82 Å². The maximum absolute atomic E-state index is 13.0. The van der Waals surface area contributed by atoms with E-state index in [1.165, 1.54) is 17.0 Å². The summed E-state index contributed by atoms with van der Waals surface area (Å²) in [5.74, 6) is -0.207. The maximum Gasteiger partial charge on any atom is 0.239 e. The summed E-state index contributed by atoms with van der Waals surface area (Å²) < 4.78 is 14.6. The number of hydrogen-bond acceptors (Lipinski definition) is 3. The van der Waals surface area contributed by atoms with Crippen LogP contribution in [0.1, 0.15) is 12.0 Å². The van der Waals surface area contributed by atoms with E-state index in [0.29, 0.717) is 12.4 Å². The van der Waals surface area contributed by atoms with Gasteiger partial charge in [-0.15, -0.1) is 0 Å². The minimum Gasteiger partial charge on any atom is -0.274 e. The van der Waals surface area contributed by atoms with Crippen molar-refractivity contribution in [2.75, 3.05) is 4.90 Å². The largest absolute Gasteiger partial charge is 0.274 e. The number of hydrogen-bond donors (Lipinski definition) is 0. The van der Waals surface area contributed by atoms with Crippen LogP contribution in [-0.2, 0) is 16.1 Å². The number of carbonyl (C=O) groups excluding carboxylic acids is 2. The molecule has 0 radical (unpaired) electrons. The molecule has 3 aliphatic rings. The van der Waals surface area contributed by atoms with E-state index < -0.39 is 0 Å². The standard InChI is InChI=1S/C19H16FN3O2/c20-14-5-1-11(2-6-14)10-22-8-7-15(21-22)23-18(24)16-12-3-4-13(9-12)17(16)19(23)25/h1-8,12-13,16-17H,9-10H2/t12-,13-,16-,17-/m0/s1. The van der Waals surface area contributed by atoms with Crippen molar-refractivity contribution in [1.82, 2.24) is 9.78 Å². The fourth-order valence-corrected chi connectivity index (χ4v) is 4.46. The van der Waals surface area contributed by atoms with Gasteiger partial charge in [0, 0.05) is 12.3 Å². The van der Waals surface area contributed by atoms with Crippen molar-refractivity contribution in [3.05, 3.63) is 60.1 Å². The molecule has 126 valence electrons. The molecule has 25 heavy (non-hydrogen) atoms. The lowest BCUT2D eigenvalue weighted by Crippen LogP contribution is -2.33. The molecule has 0 unspecified atom stereocenters. The Bertz CT molecular complexity index is 872. The Labute approximate surface area is 143 Å². The highest BCUT2D eigenvalue weighted by molar-refractivity contribution is 6.22. The number of fused-ring (bicyclic) bond motifs is 5. The van der Waals surface area contributed by atoms with Crippen molar-refractivity contribution in [1.29, 1.82) is 0 Å². The zero-order valence-corrected chi connectivity index (χ0v) is 13.4. The number of allylic oxidation sites excluding steroid dienone is 2. The number of benzene rings is 1. The minimum absolute atomic E-state index is 0.126.